The van der Waals surface area contributed by atoms with Crippen molar-refractivity contribution >= 4 is 44.7 Å². The van der Waals surface area contributed by atoms with Gasteiger partial charge in [0.25, 0.3) is 5.56 Å². The van der Waals surface area contributed by atoms with Gasteiger partial charge < -0.3 is 5.32 Å². The molecule has 4 rings (SSSR count). The number of halogens is 1. The minimum Gasteiger partial charge on any atom is -0.324 e. The van der Waals surface area contributed by atoms with Gasteiger partial charge in [0.1, 0.15) is 11.2 Å². The maximum absolute atomic E-state index is 13.4. The van der Waals surface area contributed by atoms with E-state index in [9.17, 15) is 14.4 Å². The Labute approximate surface area is 187 Å². The van der Waals surface area contributed by atoms with Gasteiger partial charge in [-0.3, -0.25) is 14.2 Å². The second-order valence-corrected chi connectivity index (χ2v) is 8.65. The highest BCUT2D eigenvalue weighted by Crippen LogP contribution is 2.23. The summed E-state index contributed by atoms with van der Waals surface area (Å²) in [4.78, 5) is 39.4. The normalized spacial score (nSPS) is 11.1. The average molecular weight is 454 g/mol. The quantitative estimate of drug-likeness (QED) is 0.496. The summed E-state index contributed by atoms with van der Waals surface area (Å²) in [6.07, 6.45) is 0. The van der Waals surface area contributed by atoms with Crippen LogP contribution in [0.5, 0.6) is 0 Å². The maximum Gasteiger partial charge on any atom is 0.336 e. The Balaban J connectivity index is 1.83. The lowest BCUT2D eigenvalue weighted by Gasteiger charge is -2.15. The summed E-state index contributed by atoms with van der Waals surface area (Å²) in [5.41, 5.74) is 3.15. The summed E-state index contributed by atoms with van der Waals surface area (Å²) in [6.45, 7) is 5.37. The first-order valence-corrected chi connectivity index (χ1v) is 10.9. The molecule has 4 aromatic rings. The lowest BCUT2D eigenvalue weighted by molar-refractivity contribution is -0.116. The van der Waals surface area contributed by atoms with Gasteiger partial charge >= 0.3 is 5.69 Å². The van der Waals surface area contributed by atoms with Gasteiger partial charge in [-0.15, -0.1) is 11.3 Å². The highest BCUT2D eigenvalue weighted by atomic mass is 35.5. The molecular weight excluding hydrogens is 434 g/mol. The van der Waals surface area contributed by atoms with Gasteiger partial charge in [-0.2, -0.15) is 0 Å². The highest BCUT2D eigenvalue weighted by molar-refractivity contribution is 7.17. The van der Waals surface area contributed by atoms with Crippen molar-refractivity contribution in [1.29, 1.82) is 0 Å². The van der Waals surface area contributed by atoms with E-state index in [-0.39, 0.29) is 18.0 Å². The van der Waals surface area contributed by atoms with Crippen molar-refractivity contribution in [2.24, 2.45) is 0 Å². The topological polar surface area (TPSA) is 73.1 Å². The average Bonchev–Trinajstić information content (AvgIpc) is 3.22. The van der Waals surface area contributed by atoms with E-state index in [1.54, 1.807) is 41.8 Å². The van der Waals surface area contributed by atoms with Gasteiger partial charge in [-0.05, 0) is 67.1 Å². The predicted molar refractivity (Wildman–Crippen MR) is 126 cm³/mol. The van der Waals surface area contributed by atoms with E-state index in [4.69, 9.17) is 11.6 Å². The minimum absolute atomic E-state index is 0.233. The molecule has 2 heterocycles. The Morgan fingerprint density at radius 2 is 1.77 bits per heavy atom. The van der Waals surface area contributed by atoms with Gasteiger partial charge in [0.15, 0.2) is 0 Å². The maximum atomic E-state index is 13.4. The van der Waals surface area contributed by atoms with Gasteiger partial charge in [0, 0.05) is 10.7 Å². The molecule has 0 atom stereocenters. The van der Waals surface area contributed by atoms with Crippen molar-refractivity contribution in [2.45, 2.75) is 27.3 Å². The number of anilines is 1. The zero-order valence-corrected chi connectivity index (χ0v) is 18.8. The van der Waals surface area contributed by atoms with Crippen LogP contribution in [0.25, 0.3) is 15.9 Å². The Kier molecular flexibility index (Phi) is 5.56. The number of hydrogen-bond acceptors (Lipinski definition) is 4. The third-order valence-corrected chi connectivity index (χ3v) is 6.72. The van der Waals surface area contributed by atoms with Gasteiger partial charge in [0.05, 0.1) is 11.2 Å². The zero-order chi connectivity index (χ0) is 22.3. The number of carbonyl (C=O) groups is 1. The first-order chi connectivity index (χ1) is 14.8. The van der Waals surface area contributed by atoms with Crippen molar-refractivity contribution < 1.29 is 4.79 Å². The van der Waals surface area contributed by atoms with Crippen molar-refractivity contribution in [3.05, 3.63) is 90.4 Å². The van der Waals surface area contributed by atoms with E-state index < -0.39 is 5.69 Å². The molecule has 0 aliphatic heterocycles. The lowest BCUT2D eigenvalue weighted by atomic mass is 10.1. The number of carbonyl (C=O) groups excluding carboxylic acids is 1. The smallest absolute Gasteiger partial charge is 0.324 e. The Hall–Kier alpha value is -3.16. The van der Waals surface area contributed by atoms with E-state index >= 15 is 0 Å². The number of nitrogens with one attached hydrogen (secondary N) is 1. The van der Waals surface area contributed by atoms with Crippen LogP contribution in [0.2, 0.25) is 5.02 Å². The number of benzene rings is 2. The van der Waals surface area contributed by atoms with Crippen LogP contribution >= 0.6 is 22.9 Å². The van der Waals surface area contributed by atoms with Crippen LogP contribution in [0, 0.1) is 20.8 Å². The van der Waals surface area contributed by atoms with E-state index in [0.29, 0.717) is 26.6 Å². The van der Waals surface area contributed by atoms with Gasteiger partial charge in [-0.1, -0.05) is 29.8 Å². The first-order valence-electron chi connectivity index (χ1n) is 9.64. The second-order valence-electron chi connectivity index (χ2n) is 7.32. The second kappa shape index (κ2) is 8.17. The summed E-state index contributed by atoms with van der Waals surface area (Å²) in [5.74, 6) is -0.383. The molecular formula is C23H20ClN3O3S. The lowest BCUT2D eigenvalue weighted by Crippen LogP contribution is -2.40. The first kappa shape index (κ1) is 21.1. The molecule has 0 spiro atoms. The fourth-order valence-corrected chi connectivity index (χ4v) is 4.51. The molecule has 8 heteroatoms. The van der Waals surface area contributed by atoms with Crippen molar-refractivity contribution in [2.75, 3.05) is 5.32 Å². The standard InChI is InChI=1S/C23H20ClN3O3S/c1-13-6-4-9-18(14(13)2)27-22(29)21-19(10-11-31-21)26(23(27)30)12-20(28)25-17-8-5-7-16(24)15(17)3/h4-11H,12H2,1-3H3,(H,25,28). The van der Waals surface area contributed by atoms with Crippen LogP contribution in [0.4, 0.5) is 5.69 Å². The summed E-state index contributed by atoms with van der Waals surface area (Å²) < 4.78 is 2.91. The zero-order valence-electron chi connectivity index (χ0n) is 17.2. The molecule has 31 heavy (non-hydrogen) atoms. The molecule has 0 saturated heterocycles. The van der Waals surface area contributed by atoms with Crippen LogP contribution in [0.1, 0.15) is 16.7 Å². The summed E-state index contributed by atoms with van der Waals surface area (Å²) in [7, 11) is 0. The largest absolute Gasteiger partial charge is 0.336 e. The van der Waals surface area contributed by atoms with E-state index in [0.717, 1.165) is 21.3 Å². The molecule has 6 nitrogen and oxygen atoms in total. The molecule has 0 bridgehead atoms. The van der Waals surface area contributed by atoms with Crippen LogP contribution in [-0.2, 0) is 11.3 Å². The molecule has 2 aromatic carbocycles. The molecule has 0 aliphatic carbocycles. The van der Waals surface area contributed by atoms with Crippen LogP contribution in [-0.4, -0.2) is 15.0 Å². The van der Waals surface area contributed by atoms with Crippen molar-refractivity contribution in [3.8, 4) is 5.69 Å². The molecule has 0 radical (unpaired) electrons. The molecule has 0 fully saturated rings. The fraction of sp³-hybridized carbons (Fsp3) is 0.174. The van der Waals surface area contributed by atoms with Gasteiger partial charge in [0.2, 0.25) is 5.91 Å². The number of rotatable bonds is 4. The van der Waals surface area contributed by atoms with E-state index in [2.05, 4.69) is 5.32 Å². The number of fused-ring (bicyclic) bond motifs is 1. The van der Waals surface area contributed by atoms with Crippen LogP contribution in [0.15, 0.2) is 57.4 Å². The number of aryl methyl sites for hydroxylation is 1. The van der Waals surface area contributed by atoms with Gasteiger partial charge in [-0.25, -0.2) is 9.36 Å². The van der Waals surface area contributed by atoms with E-state index in [1.807, 2.05) is 26.8 Å². The molecule has 158 valence electrons. The molecule has 0 saturated carbocycles. The number of hydrogen-bond donors (Lipinski definition) is 1. The summed E-state index contributed by atoms with van der Waals surface area (Å²) in [5, 5.41) is 5.10. The summed E-state index contributed by atoms with van der Waals surface area (Å²) >= 11 is 7.39. The molecule has 0 aliphatic rings. The SMILES string of the molecule is Cc1cccc(-n2c(=O)c3sccc3n(CC(=O)Nc3cccc(Cl)c3C)c2=O)c1C. The predicted octanol–water partition coefficient (Wildman–Crippen LogP) is 4.43. The van der Waals surface area contributed by atoms with Crippen molar-refractivity contribution in [1.82, 2.24) is 9.13 Å². The Morgan fingerprint density at radius 3 is 2.55 bits per heavy atom. The molecule has 2 aromatic heterocycles. The Bertz CT molecular complexity index is 1450. The van der Waals surface area contributed by atoms with Crippen molar-refractivity contribution in [3.63, 3.8) is 0 Å². The number of aromatic nitrogens is 2. The van der Waals surface area contributed by atoms with Crippen LogP contribution < -0.4 is 16.6 Å². The molecule has 1 amide bonds. The highest BCUT2D eigenvalue weighted by Gasteiger charge is 2.19. The summed E-state index contributed by atoms with van der Waals surface area (Å²) in [6, 6.07) is 12.4. The third kappa shape index (κ3) is 3.71. The molecule has 0 unspecified atom stereocenters. The number of nitrogens with zero attached hydrogens (tertiary/aromatic N) is 2. The third-order valence-electron chi connectivity index (χ3n) is 5.42. The minimum atomic E-state index is -0.553. The fourth-order valence-electron chi connectivity index (χ4n) is 3.51. The molecule has 1 N–H and O–H groups in total. The number of amides is 1. The Morgan fingerprint density at radius 1 is 1.03 bits per heavy atom. The monoisotopic (exact) mass is 453 g/mol. The number of thiophene rings is 1. The van der Waals surface area contributed by atoms with E-state index in [1.165, 1.54) is 15.9 Å². The van der Waals surface area contributed by atoms with Crippen LogP contribution in [0.3, 0.4) is 0 Å².